The van der Waals surface area contributed by atoms with Gasteiger partial charge in [0.05, 0.1) is 5.69 Å². The summed E-state index contributed by atoms with van der Waals surface area (Å²) in [5.41, 5.74) is 0.942. The van der Waals surface area contributed by atoms with Gasteiger partial charge < -0.3 is 14.6 Å². The number of aliphatic carboxylic acids is 1. The van der Waals surface area contributed by atoms with Crippen LogP contribution in [0.5, 0.6) is 0 Å². The van der Waals surface area contributed by atoms with Crippen LogP contribution in [0.4, 0.5) is 0 Å². The second-order valence-corrected chi connectivity index (χ2v) is 8.98. The maximum absolute atomic E-state index is 11.5. The molecule has 0 aliphatic carbocycles. The van der Waals surface area contributed by atoms with E-state index in [-0.39, 0.29) is 0 Å². The summed E-state index contributed by atoms with van der Waals surface area (Å²) in [6.07, 6.45) is 6.68. The molecule has 0 atom stereocenters. The SMILES string of the molecule is Brc1ccc(C2CCOCC2)nc1.O=C(O)C1(c2ccc(Br)cn2)CCOCC1. The summed E-state index contributed by atoms with van der Waals surface area (Å²) in [7, 11) is 0. The molecule has 0 radical (unpaired) electrons. The van der Waals surface area contributed by atoms with Crippen molar-refractivity contribution in [2.24, 2.45) is 0 Å². The van der Waals surface area contributed by atoms with E-state index in [2.05, 4.69) is 54.0 Å². The Morgan fingerprint density at radius 1 is 0.931 bits per heavy atom. The monoisotopic (exact) mass is 526 g/mol. The highest BCUT2D eigenvalue weighted by molar-refractivity contribution is 9.10. The molecule has 0 aromatic carbocycles. The van der Waals surface area contributed by atoms with Gasteiger partial charge in [0.2, 0.25) is 0 Å². The zero-order valence-corrected chi connectivity index (χ0v) is 19.2. The Hall–Kier alpha value is -1.35. The normalized spacial score (nSPS) is 19.1. The second-order valence-electron chi connectivity index (χ2n) is 7.15. The van der Waals surface area contributed by atoms with Crippen molar-refractivity contribution in [2.45, 2.75) is 37.0 Å². The molecule has 2 saturated heterocycles. The Morgan fingerprint density at radius 2 is 1.52 bits per heavy atom. The van der Waals surface area contributed by atoms with E-state index in [4.69, 9.17) is 9.47 Å². The number of nitrogens with zero attached hydrogens (tertiary/aromatic N) is 2. The third kappa shape index (κ3) is 5.84. The van der Waals surface area contributed by atoms with Crippen LogP contribution in [0.2, 0.25) is 0 Å². The smallest absolute Gasteiger partial charge is 0.315 e. The molecule has 2 aliphatic heterocycles. The van der Waals surface area contributed by atoms with Crippen LogP contribution < -0.4 is 0 Å². The minimum absolute atomic E-state index is 0.476. The van der Waals surface area contributed by atoms with E-state index in [1.54, 1.807) is 12.3 Å². The van der Waals surface area contributed by atoms with Gasteiger partial charge in [-0.2, -0.15) is 0 Å². The Balaban J connectivity index is 0.000000169. The zero-order chi connectivity index (χ0) is 20.7. The zero-order valence-electron chi connectivity index (χ0n) is 16.0. The highest BCUT2D eigenvalue weighted by Gasteiger charge is 2.43. The average molecular weight is 528 g/mol. The van der Waals surface area contributed by atoms with Crippen molar-refractivity contribution in [1.29, 1.82) is 0 Å². The number of hydrogen-bond donors (Lipinski definition) is 1. The maximum Gasteiger partial charge on any atom is 0.315 e. The van der Waals surface area contributed by atoms with E-state index in [0.29, 0.717) is 37.7 Å². The molecule has 2 aromatic heterocycles. The van der Waals surface area contributed by atoms with Crippen molar-refractivity contribution in [1.82, 2.24) is 9.97 Å². The van der Waals surface area contributed by atoms with Crippen LogP contribution in [0.1, 0.15) is 43.0 Å². The van der Waals surface area contributed by atoms with Gasteiger partial charge in [0.15, 0.2) is 0 Å². The van der Waals surface area contributed by atoms with E-state index in [1.807, 2.05) is 12.3 Å². The molecule has 8 heteroatoms. The molecular weight excluding hydrogens is 504 g/mol. The van der Waals surface area contributed by atoms with Crippen LogP contribution in [0.3, 0.4) is 0 Å². The largest absolute Gasteiger partial charge is 0.481 e. The van der Waals surface area contributed by atoms with Gasteiger partial charge in [-0.15, -0.1) is 0 Å². The third-order valence-corrected chi connectivity index (χ3v) is 6.30. The predicted molar refractivity (Wildman–Crippen MR) is 116 cm³/mol. The maximum atomic E-state index is 11.5. The fourth-order valence-electron chi connectivity index (χ4n) is 3.58. The molecule has 0 amide bonds. The van der Waals surface area contributed by atoms with Gasteiger partial charge in [0.1, 0.15) is 5.41 Å². The fraction of sp³-hybridized carbons (Fsp3) is 0.476. The van der Waals surface area contributed by atoms with E-state index < -0.39 is 11.4 Å². The Morgan fingerprint density at radius 3 is 2.03 bits per heavy atom. The molecule has 1 N–H and O–H groups in total. The van der Waals surface area contributed by atoms with Gasteiger partial charge in [-0.25, -0.2) is 0 Å². The number of hydrogen-bond acceptors (Lipinski definition) is 5. The number of carbonyl (C=O) groups is 1. The fourth-order valence-corrected chi connectivity index (χ4v) is 4.05. The third-order valence-electron chi connectivity index (χ3n) is 5.36. The molecule has 0 unspecified atom stereocenters. The Bertz CT molecular complexity index is 787. The summed E-state index contributed by atoms with van der Waals surface area (Å²) in [6.45, 7) is 2.71. The molecule has 4 heterocycles. The standard InChI is InChI=1S/C11H12BrNO3.C10H12BrNO/c12-8-1-2-9(13-7-8)11(10(14)15)3-5-16-6-4-11;11-9-1-2-10(12-7-9)8-3-5-13-6-4-8/h1-2,7H,3-6H2,(H,14,15);1-2,7-8H,3-6H2. The van der Waals surface area contributed by atoms with E-state index in [1.165, 1.54) is 5.69 Å². The molecule has 2 aliphatic rings. The summed E-state index contributed by atoms with van der Waals surface area (Å²) >= 11 is 6.67. The molecule has 156 valence electrons. The topological polar surface area (TPSA) is 81.5 Å². The lowest BCUT2D eigenvalue weighted by atomic mass is 9.77. The van der Waals surface area contributed by atoms with Gasteiger partial charge >= 0.3 is 5.97 Å². The van der Waals surface area contributed by atoms with Gasteiger partial charge in [0.25, 0.3) is 0 Å². The molecular formula is C21H24Br2N2O4. The van der Waals surface area contributed by atoms with Crippen LogP contribution >= 0.6 is 31.9 Å². The first-order valence-corrected chi connectivity index (χ1v) is 11.2. The summed E-state index contributed by atoms with van der Waals surface area (Å²) in [5.74, 6) is -0.215. The highest BCUT2D eigenvalue weighted by atomic mass is 79.9. The van der Waals surface area contributed by atoms with Crippen molar-refractivity contribution >= 4 is 37.8 Å². The lowest BCUT2D eigenvalue weighted by Gasteiger charge is -2.32. The second kappa shape index (κ2) is 10.6. The summed E-state index contributed by atoms with van der Waals surface area (Å²) < 4.78 is 12.4. The first-order chi connectivity index (χ1) is 14.0. The number of aromatic nitrogens is 2. The van der Waals surface area contributed by atoms with E-state index in [9.17, 15) is 9.90 Å². The van der Waals surface area contributed by atoms with Gasteiger partial charge in [-0.3, -0.25) is 14.8 Å². The van der Waals surface area contributed by atoms with Crippen molar-refractivity contribution in [2.75, 3.05) is 26.4 Å². The van der Waals surface area contributed by atoms with Gasteiger partial charge in [-0.05, 0) is 81.8 Å². The number of carboxylic acids is 1. The number of pyridine rings is 2. The average Bonchev–Trinajstić information content (AvgIpc) is 2.76. The van der Waals surface area contributed by atoms with Crippen molar-refractivity contribution in [3.8, 4) is 0 Å². The lowest BCUT2D eigenvalue weighted by Crippen LogP contribution is -2.41. The summed E-state index contributed by atoms with van der Waals surface area (Å²) in [6, 6.07) is 7.74. The molecule has 29 heavy (non-hydrogen) atoms. The van der Waals surface area contributed by atoms with Crippen LogP contribution in [0, 0.1) is 0 Å². The van der Waals surface area contributed by atoms with Crippen LogP contribution in [0.15, 0.2) is 45.6 Å². The molecule has 2 aromatic rings. The predicted octanol–water partition coefficient (Wildman–Crippen LogP) is 4.72. The molecule has 4 rings (SSSR count). The number of rotatable bonds is 3. The molecule has 6 nitrogen and oxygen atoms in total. The Kier molecular flexibility index (Phi) is 8.17. The molecule has 0 spiro atoms. The minimum Gasteiger partial charge on any atom is -0.481 e. The van der Waals surface area contributed by atoms with Crippen LogP contribution in [-0.4, -0.2) is 47.5 Å². The van der Waals surface area contributed by atoms with Crippen molar-refractivity contribution in [3.05, 3.63) is 57.0 Å². The first kappa shape index (κ1) is 22.3. The highest BCUT2D eigenvalue weighted by Crippen LogP contribution is 2.34. The lowest BCUT2D eigenvalue weighted by molar-refractivity contribution is -0.148. The van der Waals surface area contributed by atoms with Crippen LogP contribution in [0.25, 0.3) is 0 Å². The molecule has 0 bridgehead atoms. The van der Waals surface area contributed by atoms with E-state index in [0.717, 1.165) is 35.0 Å². The van der Waals surface area contributed by atoms with E-state index >= 15 is 0 Å². The minimum atomic E-state index is -0.876. The number of halogens is 2. The Labute approximate surface area is 187 Å². The van der Waals surface area contributed by atoms with Crippen molar-refractivity contribution < 1.29 is 19.4 Å². The quantitative estimate of drug-likeness (QED) is 0.622. The van der Waals surface area contributed by atoms with Crippen molar-refractivity contribution in [3.63, 3.8) is 0 Å². The van der Waals surface area contributed by atoms with Crippen LogP contribution in [-0.2, 0) is 19.7 Å². The number of ether oxygens (including phenoxy) is 2. The summed E-state index contributed by atoms with van der Waals surface area (Å²) in [4.78, 5) is 20.1. The summed E-state index contributed by atoms with van der Waals surface area (Å²) in [5, 5.41) is 9.40. The van der Waals surface area contributed by atoms with Gasteiger partial charge in [0, 0.05) is 59.4 Å². The van der Waals surface area contributed by atoms with Gasteiger partial charge in [-0.1, -0.05) is 0 Å². The number of carboxylic acid groups (broad SMARTS) is 1. The molecule has 0 saturated carbocycles. The molecule has 2 fully saturated rings. The first-order valence-electron chi connectivity index (χ1n) is 9.64.